The third-order valence-corrected chi connectivity index (χ3v) is 7.05. The summed E-state index contributed by atoms with van der Waals surface area (Å²) in [4.78, 5) is 32.8. The number of amides is 1. The van der Waals surface area contributed by atoms with Gasteiger partial charge in [0.15, 0.2) is 0 Å². The number of aromatic nitrogens is 2. The van der Waals surface area contributed by atoms with Crippen LogP contribution in [0.15, 0.2) is 77.9 Å². The molecule has 1 amide bonds. The van der Waals surface area contributed by atoms with Crippen LogP contribution in [0, 0.1) is 12.7 Å². The molecule has 7 nitrogen and oxygen atoms in total. The summed E-state index contributed by atoms with van der Waals surface area (Å²) in [6.07, 6.45) is 4.28. The molecule has 5 rings (SSSR count). The SMILES string of the molecule is CN[C@@H](C)C(=O)Nc1ccc(-c2ccccc2C)n(Cc2cncc(N3CCc4cc(F)ccc43)c2)c1=O. The number of aryl methyl sites for hydroxylation is 1. The summed E-state index contributed by atoms with van der Waals surface area (Å²) in [5.41, 5.74) is 6.29. The monoisotopic (exact) mass is 511 g/mol. The Morgan fingerprint density at radius 3 is 2.71 bits per heavy atom. The topological polar surface area (TPSA) is 79.3 Å². The molecule has 0 saturated heterocycles. The second-order valence-electron chi connectivity index (χ2n) is 9.56. The first-order valence-electron chi connectivity index (χ1n) is 12.6. The Hall–Kier alpha value is -4.30. The summed E-state index contributed by atoms with van der Waals surface area (Å²) in [7, 11) is 1.69. The van der Waals surface area contributed by atoms with Crippen LogP contribution in [0.25, 0.3) is 11.3 Å². The number of hydrogen-bond donors (Lipinski definition) is 2. The van der Waals surface area contributed by atoms with Crippen LogP contribution in [0.2, 0.25) is 0 Å². The van der Waals surface area contributed by atoms with Crippen LogP contribution in [-0.4, -0.2) is 35.1 Å². The Kier molecular flexibility index (Phi) is 7.07. The number of pyridine rings is 2. The molecule has 1 aliphatic heterocycles. The number of hydrogen-bond acceptors (Lipinski definition) is 5. The first kappa shape index (κ1) is 25.4. The lowest BCUT2D eigenvalue weighted by Crippen LogP contribution is -2.37. The van der Waals surface area contributed by atoms with E-state index in [1.54, 1.807) is 49.1 Å². The highest BCUT2D eigenvalue weighted by Crippen LogP contribution is 2.35. The van der Waals surface area contributed by atoms with E-state index in [1.165, 1.54) is 6.07 Å². The van der Waals surface area contributed by atoms with Crippen molar-refractivity contribution < 1.29 is 9.18 Å². The van der Waals surface area contributed by atoms with Crippen LogP contribution in [-0.2, 0) is 17.8 Å². The van der Waals surface area contributed by atoms with E-state index in [2.05, 4.69) is 20.5 Å². The van der Waals surface area contributed by atoms with Crippen LogP contribution in [0.5, 0.6) is 0 Å². The van der Waals surface area contributed by atoms with Gasteiger partial charge in [0, 0.05) is 24.0 Å². The van der Waals surface area contributed by atoms with Crippen molar-refractivity contribution in [1.82, 2.24) is 14.9 Å². The van der Waals surface area contributed by atoms with Gasteiger partial charge in [0.2, 0.25) is 5.91 Å². The Balaban J connectivity index is 1.54. The molecule has 2 N–H and O–H groups in total. The van der Waals surface area contributed by atoms with Gasteiger partial charge in [0.05, 0.1) is 30.2 Å². The minimum absolute atomic E-state index is 0.217. The average Bonchev–Trinajstić information content (AvgIpc) is 3.34. The fourth-order valence-corrected chi connectivity index (χ4v) is 4.83. The van der Waals surface area contributed by atoms with Crippen LogP contribution in [0.1, 0.15) is 23.6 Å². The number of carbonyl (C=O) groups is 1. The highest BCUT2D eigenvalue weighted by atomic mass is 19.1. The van der Waals surface area contributed by atoms with E-state index < -0.39 is 6.04 Å². The summed E-state index contributed by atoms with van der Waals surface area (Å²) in [5.74, 6) is -0.524. The largest absolute Gasteiger partial charge is 0.340 e. The van der Waals surface area contributed by atoms with E-state index in [-0.39, 0.29) is 29.5 Å². The molecule has 2 aromatic carbocycles. The standard InChI is InChI=1S/C30H30FN5O2/c1-19-6-4-5-7-25(19)28-11-9-26(34-29(37)20(2)32-3)30(38)36(28)18-21-14-24(17-33-16-21)35-13-12-22-15-23(31)8-10-27(22)35/h4-11,14-17,20,32H,12-13,18H2,1-3H3,(H,34,37)/t20-/m0/s1. The van der Waals surface area contributed by atoms with Crippen molar-refractivity contribution in [3.05, 3.63) is 106 Å². The van der Waals surface area contributed by atoms with Gasteiger partial charge < -0.3 is 20.1 Å². The van der Waals surface area contributed by atoms with Gasteiger partial charge in [-0.15, -0.1) is 0 Å². The average molecular weight is 512 g/mol. The Labute approximate surface area is 221 Å². The maximum Gasteiger partial charge on any atom is 0.275 e. The van der Waals surface area contributed by atoms with Crippen molar-refractivity contribution in [3.8, 4) is 11.3 Å². The van der Waals surface area contributed by atoms with Gasteiger partial charge in [-0.1, -0.05) is 24.3 Å². The van der Waals surface area contributed by atoms with Crippen LogP contribution >= 0.6 is 0 Å². The quantitative estimate of drug-likeness (QED) is 0.378. The third-order valence-electron chi connectivity index (χ3n) is 7.05. The number of anilines is 3. The molecule has 3 heterocycles. The van der Waals surface area contributed by atoms with E-state index in [9.17, 15) is 14.0 Å². The van der Waals surface area contributed by atoms with Crippen molar-refractivity contribution >= 4 is 23.0 Å². The number of rotatable bonds is 7. The minimum atomic E-state index is -0.448. The molecule has 0 unspecified atom stereocenters. The van der Waals surface area contributed by atoms with Crippen molar-refractivity contribution in [2.24, 2.45) is 0 Å². The zero-order valence-electron chi connectivity index (χ0n) is 21.7. The minimum Gasteiger partial charge on any atom is -0.340 e. The number of likely N-dealkylation sites (N-methyl/N-ethyl adjacent to an activating group) is 1. The number of halogens is 1. The van der Waals surface area contributed by atoms with Gasteiger partial charge in [-0.2, -0.15) is 0 Å². The highest BCUT2D eigenvalue weighted by Gasteiger charge is 2.22. The van der Waals surface area contributed by atoms with Gasteiger partial charge in [0.1, 0.15) is 11.5 Å². The van der Waals surface area contributed by atoms with Gasteiger partial charge in [0.25, 0.3) is 5.56 Å². The Bertz CT molecular complexity index is 1560. The lowest BCUT2D eigenvalue weighted by Gasteiger charge is -2.21. The van der Waals surface area contributed by atoms with E-state index in [1.807, 2.05) is 43.3 Å². The summed E-state index contributed by atoms with van der Waals surface area (Å²) in [6, 6.07) is 17.8. The second kappa shape index (κ2) is 10.6. The molecule has 1 aliphatic rings. The van der Waals surface area contributed by atoms with Crippen LogP contribution in [0.3, 0.4) is 0 Å². The smallest absolute Gasteiger partial charge is 0.275 e. The zero-order chi connectivity index (χ0) is 26.8. The highest BCUT2D eigenvalue weighted by molar-refractivity contribution is 5.94. The number of benzene rings is 2. The molecule has 8 heteroatoms. The number of nitrogens with one attached hydrogen (secondary N) is 2. The second-order valence-corrected chi connectivity index (χ2v) is 9.56. The first-order valence-corrected chi connectivity index (χ1v) is 12.6. The van der Waals surface area contributed by atoms with E-state index in [0.717, 1.165) is 52.3 Å². The third kappa shape index (κ3) is 4.95. The molecule has 38 heavy (non-hydrogen) atoms. The van der Waals surface area contributed by atoms with Gasteiger partial charge >= 0.3 is 0 Å². The summed E-state index contributed by atoms with van der Waals surface area (Å²) < 4.78 is 15.4. The van der Waals surface area contributed by atoms with Crippen LogP contribution in [0.4, 0.5) is 21.5 Å². The molecule has 0 aliphatic carbocycles. The molecule has 0 spiro atoms. The fraction of sp³-hybridized carbons (Fsp3) is 0.233. The molecule has 194 valence electrons. The van der Waals surface area contributed by atoms with E-state index >= 15 is 0 Å². The molecule has 0 fully saturated rings. The molecule has 0 bridgehead atoms. The van der Waals surface area contributed by atoms with Crippen molar-refractivity contribution in [2.75, 3.05) is 23.8 Å². The van der Waals surface area contributed by atoms with Gasteiger partial charge in [-0.3, -0.25) is 14.6 Å². The molecule has 0 radical (unpaired) electrons. The fourth-order valence-electron chi connectivity index (χ4n) is 4.83. The van der Waals surface area contributed by atoms with Crippen LogP contribution < -0.4 is 21.1 Å². The molecule has 2 aromatic heterocycles. The van der Waals surface area contributed by atoms with Gasteiger partial charge in [-0.25, -0.2) is 4.39 Å². The zero-order valence-corrected chi connectivity index (χ0v) is 21.7. The normalized spacial score (nSPS) is 13.3. The number of fused-ring (bicyclic) bond motifs is 1. The molecule has 1 atom stereocenters. The number of carbonyl (C=O) groups excluding carboxylic acids is 1. The van der Waals surface area contributed by atoms with E-state index in [0.29, 0.717) is 0 Å². The lowest BCUT2D eigenvalue weighted by molar-refractivity contribution is -0.117. The summed E-state index contributed by atoms with van der Waals surface area (Å²) in [6.45, 7) is 4.73. The molecular weight excluding hydrogens is 481 g/mol. The first-order chi connectivity index (χ1) is 18.4. The van der Waals surface area contributed by atoms with Crippen molar-refractivity contribution in [1.29, 1.82) is 0 Å². The predicted octanol–water partition coefficient (Wildman–Crippen LogP) is 4.65. The Morgan fingerprint density at radius 1 is 1.11 bits per heavy atom. The summed E-state index contributed by atoms with van der Waals surface area (Å²) >= 11 is 0. The van der Waals surface area contributed by atoms with Crippen molar-refractivity contribution in [3.63, 3.8) is 0 Å². The molecule has 0 saturated carbocycles. The van der Waals surface area contributed by atoms with E-state index in [4.69, 9.17) is 0 Å². The molecule has 4 aromatic rings. The maximum absolute atomic E-state index is 13.7. The van der Waals surface area contributed by atoms with Gasteiger partial charge in [-0.05, 0) is 80.4 Å². The lowest BCUT2D eigenvalue weighted by atomic mass is 10.0. The van der Waals surface area contributed by atoms with Crippen molar-refractivity contribution in [2.45, 2.75) is 32.9 Å². The molecular formula is C30H30FN5O2. The predicted molar refractivity (Wildman–Crippen MR) is 148 cm³/mol. The summed E-state index contributed by atoms with van der Waals surface area (Å²) in [5, 5.41) is 5.65. The maximum atomic E-state index is 13.7. The number of nitrogens with zero attached hydrogens (tertiary/aromatic N) is 3. The Morgan fingerprint density at radius 2 is 1.92 bits per heavy atom.